The second kappa shape index (κ2) is 7.36. The number of nitrogens with one attached hydrogen (secondary N) is 1. The normalized spacial score (nSPS) is 15.6. The quantitative estimate of drug-likeness (QED) is 0.835. The highest BCUT2D eigenvalue weighted by Crippen LogP contribution is 2.35. The Morgan fingerprint density at radius 2 is 1.93 bits per heavy atom. The molecule has 8 nitrogen and oxygen atoms in total. The lowest BCUT2D eigenvalue weighted by Crippen LogP contribution is -2.47. The maximum absolute atomic E-state index is 12.5. The molecule has 1 aliphatic heterocycles. The Bertz CT molecular complexity index is 894. The Labute approximate surface area is 155 Å². The molecule has 2 N–H and O–H groups in total. The maximum atomic E-state index is 12.5. The van der Waals surface area contributed by atoms with Crippen molar-refractivity contribution >= 4 is 29.2 Å². The van der Waals surface area contributed by atoms with Gasteiger partial charge in [0.05, 0.1) is 18.4 Å². The fourth-order valence-corrected chi connectivity index (χ4v) is 2.72. The summed E-state index contributed by atoms with van der Waals surface area (Å²) in [6.07, 6.45) is -0.776. The summed E-state index contributed by atoms with van der Waals surface area (Å²) in [5.41, 5.74) is 0.803. The highest BCUT2D eigenvalue weighted by Gasteiger charge is 2.33. The van der Waals surface area contributed by atoms with Crippen molar-refractivity contribution in [3.63, 3.8) is 0 Å². The average Bonchev–Trinajstić information content (AvgIpc) is 2.65. The molecule has 0 fully saturated rings. The minimum atomic E-state index is -1.13. The first-order valence-electron chi connectivity index (χ1n) is 8.18. The van der Waals surface area contributed by atoms with Gasteiger partial charge in [-0.3, -0.25) is 14.5 Å². The Morgan fingerprint density at radius 3 is 2.56 bits per heavy atom. The summed E-state index contributed by atoms with van der Waals surface area (Å²) in [7, 11) is 1.54. The number of carboxylic acids is 1. The Kier molecular flexibility index (Phi) is 4.98. The van der Waals surface area contributed by atoms with Crippen molar-refractivity contribution in [2.45, 2.75) is 13.0 Å². The van der Waals surface area contributed by atoms with Gasteiger partial charge in [-0.1, -0.05) is 0 Å². The molecule has 0 saturated heterocycles. The number of carbonyl (C=O) groups excluding carboxylic acids is 2. The van der Waals surface area contributed by atoms with Gasteiger partial charge in [0.25, 0.3) is 5.91 Å². The third-order valence-corrected chi connectivity index (χ3v) is 4.09. The number of carbonyl (C=O) groups is 3. The van der Waals surface area contributed by atoms with E-state index in [-0.39, 0.29) is 17.8 Å². The molecule has 0 saturated carbocycles. The molecule has 1 heterocycles. The minimum absolute atomic E-state index is 0.000246. The van der Waals surface area contributed by atoms with E-state index >= 15 is 0 Å². The van der Waals surface area contributed by atoms with Gasteiger partial charge in [0.15, 0.2) is 6.10 Å². The fourth-order valence-electron chi connectivity index (χ4n) is 2.72. The van der Waals surface area contributed by atoms with Gasteiger partial charge in [-0.15, -0.1) is 0 Å². The van der Waals surface area contributed by atoms with Crippen LogP contribution >= 0.6 is 0 Å². The SMILES string of the molecule is COc1ccc(NC(=O)CN2C(=O)C(C)Oc3ccc(C(=O)O)cc32)cc1. The number of carboxylic acid groups (broad SMARTS) is 1. The van der Waals surface area contributed by atoms with Crippen molar-refractivity contribution in [1.82, 2.24) is 0 Å². The highest BCUT2D eigenvalue weighted by molar-refractivity contribution is 6.06. The van der Waals surface area contributed by atoms with Gasteiger partial charge < -0.3 is 19.9 Å². The molecular weight excluding hydrogens is 352 g/mol. The van der Waals surface area contributed by atoms with E-state index in [2.05, 4.69) is 5.32 Å². The largest absolute Gasteiger partial charge is 0.497 e. The lowest BCUT2D eigenvalue weighted by molar-refractivity contribution is -0.127. The average molecular weight is 370 g/mol. The molecule has 8 heteroatoms. The summed E-state index contributed by atoms with van der Waals surface area (Å²) in [6, 6.07) is 10.9. The van der Waals surface area contributed by atoms with Crippen LogP contribution in [0.25, 0.3) is 0 Å². The molecule has 0 spiro atoms. The molecule has 0 bridgehead atoms. The van der Waals surface area contributed by atoms with Gasteiger partial charge in [-0.05, 0) is 49.4 Å². The zero-order valence-corrected chi connectivity index (χ0v) is 14.8. The van der Waals surface area contributed by atoms with Crippen LogP contribution in [0.4, 0.5) is 11.4 Å². The van der Waals surface area contributed by atoms with Crippen molar-refractivity contribution in [2.24, 2.45) is 0 Å². The van der Waals surface area contributed by atoms with Crippen molar-refractivity contribution in [1.29, 1.82) is 0 Å². The molecule has 140 valence electrons. The third-order valence-electron chi connectivity index (χ3n) is 4.09. The smallest absolute Gasteiger partial charge is 0.335 e. The summed E-state index contributed by atoms with van der Waals surface area (Å²) in [6.45, 7) is 1.30. The van der Waals surface area contributed by atoms with Crippen molar-refractivity contribution < 1.29 is 29.0 Å². The Morgan fingerprint density at radius 1 is 1.22 bits per heavy atom. The van der Waals surface area contributed by atoms with Gasteiger partial charge in [0.1, 0.15) is 18.0 Å². The first kappa shape index (κ1) is 18.2. The summed E-state index contributed by atoms with van der Waals surface area (Å²) >= 11 is 0. The van der Waals surface area contributed by atoms with Crippen LogP contribution in [0.2, 0.25) is 0 Å². The van der Waals surface area contributed by atoms with E-state index < -0.39 is 23.9 Å². The van der Waals surface area contributed by atoms with Gasteiger partial charge in [0, 0.05) is 5.69 Å². The fraction of sp³-hybridized carbons (Fsp3) is 0.211. The Balaban J connectivity index is 1.82. The van der Waals surface area contributed by atoms with Crippen LogP contribution in [-0.2, 0) is 9.59 Å². The summed E-state index contributed by atoms with van der Waals surface area (Å²) in [5.74, 6) is -0.972. The topological polar surface area (TPSA) is 105 Å². The minimum Gasteiger partial charge on any atom is -0.497 e. The molecule has 1 aliphatic rings. The number of hydrogen-bond donors (Lipinski definition) is 2. The van der Waals surface area contributed by atoms with Crippen LogP contribution in [0, 0.1) is 0 Å². The van der Waals surface area contributed by atoms with Crippen LogP contribution < -0.4 is 19.7 Å². The van der Waals surface area contributed by atoms with Crippen LogP contribution in [0.3, 0.4) is 0 Å². The summed E-state index contributed by atoms with van der Waals surface area (Å²) < 4.78 is 10.6. The van der Waals surface area contributed by atoms with Crippen molar-refractivity contribution in [2.75, 3.05) is 23.9 Å². The number of amides is 2. The van der Waals surface area contributed by atoms with Gasteiger partial charge in [-0.25, -0.2) is 4.79 Å². The molecule has 2 amide bonds. The highest BCUT2D eigenvalue weighted by atomic mass is 16.5. The summed E-state index contributed by atoms with van der Waals surface area (Å²) in [5, 5.41) is 11.9. The second-order valence-electron chi connectivity index (χ2n) is 5.95. The molecular formula is C19H18N2O6. The van der Waals surface area contributed by atoms with E-state index in [1.807, 2.05) is 0 Å². The number of methoxy groups -OCH3 is 1. The van der Waals surface area contributed by atoms with Gasteiger partial charge in [-0.2, -0.15) is 0 Å². The predicted molar refractivity (Wildman–Crippen MR) is 97.5 cm³/mol. The number of ether oxygens (including phenoxy) is 2. The van der Waals surface area contributed by atoms with Crippen molar-refractivity contribution in [3.8, 4) is 11.5 Å². The first-order chi connectivity index (χ1) is 12.9. The number of aromatic carboxylic acids is 1. The monoisotopic (exact) mass is 370 g/mol. The number of fused-ring (bicyclic) bond motifs is 1. The predicted octanol–water partition coefficient (Wildman–Crippen LogP) is 2.15. The molecule has 0 aromatic heterocycles. The molecule has 3 rings (SSSR count). The number of benzene rings is 2. The van der Waals surface area contributed by atoms with Crippen LogP contribution in [0.5, 0.6) is 11.5 Å². The van der Waals surface area contributed by atoms with E-state index in [1.54, 1.807) is 38.3 Å². The summed E-state index contributed by atoms with van der Waals surface area (Å²) in [4.78, 5) is 37.4. The number of nitrogens with zero attached hydrogens (tertiary/aromatic N) is 1. The molecule has 0 radical (unpaired) electrons. The van der Waals surface area contributed by atoms with E-state index in [9.17, 15) is 19.5 Å². The number of rotatable bonds is 5. The van der Waals surface area contributed by atoms with Crippen LogP contribution in [0.1, 0.15) is 17.3 Å². The Hall–Kier alpha value is -3.55. The van der Waals surface area contributed by atoms with Crippen LogP contribution in [0.15, 0.2) is 42.5 Å². The standard InChI is InChI=1S/C19H18N2O6/c1-11-18(23)21(15-9-12(19(24)25)3-8-16(15)27-11)10-17(22)20-13-4-6-14(26-2)7-5-13/h3-9,11H,10H2,1-2H3,(H,20,22)(H,24,25). The molecule has 1 atom stereocenters. The molecule has 0 aliphatic carbocycles. The van der Waals surface area contributed by atoms with Gasteiger partial charge in [0.2, 0.25) is 5.91 Å². The third kappa shape index (κ3) is 3.84. The first-order valence-corrected chi connectivity index (χ1v) is 8.18. The maximum Gasteiger partial charge on any atom is 0.335 e. The number of hydrogen-bond acceptors (Lipinski definition) is 5. The molecule has 1 unspecified atom stereocenters. The molecule has 27 heavy (non-hydrogen) atoms. The lowest BCUT2D eigenvalue weighted by atomic mass is 10.1. The van der Waals surface area contributed by atoms with E-state index in [0.717, 1.165) is 0 Å². The molecule has 2 aromatic carbocycles. The van der Waals surface area contributed by atoms with E-state index in [1.165, 1.54) is 23.1 Å². The lowest BCUT2D eigenvalue weighted by Gasteiger charge is -2.32. The molecule has 2 aromatic rings. The van der Waals surface area contributed by atoms with E-state index in [0.29, 0.717) is 17.2 Å². The van der Waals surface area contributed by atoms with Crippen molar-refractivity contribution in [3.05, 3.63) is 48.0 Å². The van der Waals surface area contributed by atoms with Crippen LogP contribution in [-0.4, -0.2) is 42.6 Å². The number of anilines is 2. The second-order valence-corrected chi connectivity index (χ2v) is 5.95. The van der Waals surface area contributed by atoms with Gasteiger partial charge >= 0.3 is 5.97 Å². The zero-order valence-electron chi connectivity index (χ0n) is 14.8. The van der Waals surface area contributed by atoms with E-state index in [4.69, 9.17) is 9.47 Å². The zero-order chi connectivity index (χ0) is 19.6.